The first-order valence-corrected chi connectivity index (χ1v) is 10.4. The van der Waals surface area contributed by atoms with Gasteiger partial charge >= 0.3 is 0 Å². The molecule has 0 amide bonds. The molecule has 0 fully saturated rings. The monoisotopic (exact) mass is 371 g/mol. The summed E-state index contributed by atoms with van der Waals surface area (Å²) in [5, 5.41) is 5.06. The lowest BCUT2D eigenvalue weighted by molar-refractivity contribution is 0.912. The summed E-state index contributed by atoms with van der Waals surface area (Å²) in [5.74, 6) is 0. The molecule has 0 spiro atoms. The van der Waals surface area contributed by atoms with Crippen molar-refractivity contribution in [3.8, 4) is 22.4 Å². The third kappa shape index (κ3) is 2.66. The molecule has 1 nitrogen and oxygen atoms in total. The van der Waals surface area contributed by atoms with E-state index in [2.05, 4.69) is 84.9 Å². The van der Waals surface area contributed by atoms with E-state index in [4.69, 9.17) is 4.98 Å². The zero-order valence-electron chi connectivity index (χ0n) is 16.2. The Kier molecular flexibility index (Phi) is 3.73. The van der Waals surface area contributed by atoms with E-state index in [9.17, 15) is 0 Å². The van der Waals surface area contributed by atoms with Crippen LogP contribution in [0.15, 0.2) is 91.1 Å². The van der Waals surface area contributed by atoms with Crippen LogP contribution >= 0.6 is 0 Å². The van der Waals surface area contributed by atoms with E-state index in [-0.39, 0.29) is 0 Å². The van der Waals surface area contributed by atoms with Gasteiger partial charge in [0.1, 0.15) is 0 Å². The van der Waals surface area contributed by atoms with Crippen molar-refractivity contribution in [2.45, 2.75) is 19.3 Å². The molecule has 29 heavy (non-hydrogen) atoms. The summed E-state index contributed by atoms with van der Waals surface area (Å²) in [6.45, 7) is 0. The van der Waals surface area contributed by atoms with Gasteiger partial charge in [-0.25, -0.2) is 0 Å². The minimum atomic E-state index is 1.08. The second kappa shape index (κ2) is 6.56. The summed E-state index contributed by atoms with van der Waals surface area (Å²) < 4.78 is 0. The zero-order chi connectivity index (χ0) is 19.2. The van der Waals surface area contributed by atoms with Crippen molar-refractivity contribution >= 4 is 21.5 Å². The summed E-state index contributed by atoms with van der Waals surface area (Å²) in [5.41, 5.74) is 7.99. The Hall–Kier alpha value is -3.45. The molecule has 1 heterocycles. The predicted octanol–water partition coefficient (Wildman–Crippen LogP) is 7.21. The van der Waals surface area contributed by atoms with Gasteiger partial charge in [0, 0.05) is 17.1 Å². The number of aromatic nitrogens is 1. The van der Waals surface area contributed by atoms with Crippen molar-refractivity contribution in [2.75, 3.05) is 0 Å². The van der Waals surface area contributed by atoms with Gasteiger partial charge in [0.25, 0.3) is 0 Å². The molecule has 0 saturated heterocycles. The quantitative estimate of drug-likeness (QED) is 0.299. The molecule has 6 rings (SSSR count). The number of hydrogen-bond acceptors (Lipinski definition) is 1. The second-order valence-electron chi connectivity index (χ2n) is 7.92. The van der Waals surface area contributed by atoms with Gasteiger partial charge in [0.15, 0.2) is 0 Å². The first-order valence-electron chi connectivity index (χ1n) is 10.4. The number of fused-ring (bicyclic) bond motifs is 4. The highest BCUT2D eigenvalue weighted by Gasteiger charge is 2.19. The van der Waals surface area contributed by atoms with E-state index in [0.29, 0.717) is 0 Å². The normalized spacial score (nSPS) is 13.1. The van der Waals surface area contributed by atoms with E-state index in [1.165, 1.54) is 62.2 Å². The van der Waals surface area contributed by atoms with E-state index >= 15 is 0 Å². The van der Waals surface area contributed by atoms with E-state index in [1.807, 2.05) is 6.20 Å². The van der Waals surface area contributed by atoms with Crippen LogP contribution in [0.3, 0.4) is 0 Å². The van der Waals surface area contributed by atoms with Crippen molar-refractivity contribution in [1.29, 1.82) is 0 Å². The molecule has 1 heteroatoms. The fourth-order valence-corrected chi connectivity index (χ4v) is 4.89. The molecule has 4 aromatic carbocycles. The molecule has 1 aliphatic rings. The minimum Gasteiger partial charge on any atom is -0.256 e. The van der Waals surface area contributed by atoms with Gasteiger partial charge in [-0.1, -0.05) is 66.7 Å². The van der Waals surface area contributed by atoms with Crippen LogP contribution in [0.5, 0.6) is 0 Å². The Labute approximate surface area is 170 Å². The van der Waals surface area contributed by atoms with Crippen LogP contribution in [0.2, 0.25) is 0 Å². The number of pyridine rings is 1. The highest BCUT2D eigenvalue weighted by molar-refractivity contribution is 6.11. The highest BCUT2D eigenvalue weighted by atomic mass is 14.7. The van der Waals surface area contributed by atoms with Crippen molar-refractivity contribution in [2.24, 2.45) is 0 Å². The van der Waals surface area contributed by atoms with Crippen molar-refractivity contribution in [3.63, 3.8) is 0 Å². The first-order chi connectivity index (χ1) is 14.4. The fraction of sp³-hybridized carbons (Fsp3) is 0.107. The van der Waals surface area contributed by atoms with Gasteiger partial charge < -0.3 is 0 Å². The third-order valence-corrected chi connectivity index (χ3v) is 6.24. The molecule has 138 valence electrons. The molecular weight excluding hydrogens is 350 g/mol. The molecular formula is C28H21N. The average molecular weight is 371 g/mol. The average Bonchev–Trinajstić information content (AvgIpc) is 3.27. The molecule has 0 radical (unpaired) electrons. The lowest BCUT2D eigenvalue weighted by Gasteiger charge is -2.14. The maximum atomic E-state index is 4.84. The maximum Gasteiger partial charge on any atom is 0.0780 e. The van der Waals surface area contributed by atoms with Gasteiger partial charge in [-0.15, -0.1) is 0 Å². The van der Waals surface area contributed by atoms with Crippen LogP contribution < -0.4 is 0 Å². The van der Waals surface area contributed by atoms with Gasteiger partial charge in [-0.3, -0.25) is 4.98 Å². The summed E-state index contributed by atoms with van der Waals surface area (Å²) in [7, 11) is 0. The SMILES string of the molecule is c1ccc(-c2cc(-c3nccc4c3ccc3ccccc34)cc3c2CCC3)cc1. The molecule has 0 unspecified atom stereocenters. The van der Waals surface area contributed by atoms with Crippen molar-refractivity contribution in [1.82, 2.24) is 4.98 Å². The number of rotatable bonds is 2. The van der Waals surface area contributed by atoms with Crippen LogP contribution in [0.1, 0.15) is 17.5 Å². The standard InChI is InChI=1S/C28H21N/c1-2-7-19(8-3-1)27-18-22(17-21-10-6-12-24(21)27)28-26-14-13-20-9-4-5-11-23(20)25(26)15-16-29-28/h1-5,7-9,11,13-18H,6,10,12H2. The molecule has 5 aromatic rings. The van der Waals surface area contributed by atoms with Crippen LogP contribution in [-0.4, -0.2) is 4.98 Å². The predicted molar refractivity (Wildman–Crippen MR) is 122 cm³/mol. The van der Waals surface area contributed by atoms with Crippen molar-refractivity contribution in [3.05, 3.63) is 102 Å². The summed E-state index contributed by atoms with van der Waals surface area (Å²) >= 11 is 0. The van der Waals surface area contributed by atoms with Crippen LogP contribution in [0.4, 0.5) is 0 Å². The Bertz CT molecular complexity index is 1370. The number of hydrogen-bond donors (Lipinski definition) is 0. The molecule has 0 bridgehead atoms. The molecule has 0 aliphatic heterocycles. The highest BCUT2D eigenvalue weighted by Crippen LogP contribution is 2.39. The van der Waals surface area contributed by atoms with Gasteiger partial charge in [-0.05, 0) is 75.9 Å². The topological polar surface area (TPSA) is 12.9 Å². The number of aryl methyl sites for hydroxylation is 1. The molecule has 1 aromatic heterocycles. The molecule has 0 saturated carbocycles. The Morgan fingerprint density at radius 3 is 2.41 bits per heavy atom. The number of benzene rings is 4. The molecule has 0 N–H and O–H groups in total. The smallest absolute Gasteiger partial charge is 0.0780 e. The third-order valence-electron chi connectivity index (χ3n) is 6.24. The molecule has 0 atom stereocenters. The van der Waals surface area contributed by atoms with E-state index in [0.717, 1.165) is 12.1 Å². The van der Waals surface area contributed by atoms with Crippen LogP contribution in [-0.2, 0) is 12.8 Å². The Morgan fingerprint density at radius 1 is 0.621 bits per heavy atom. The van der Waals surface area contributed by atoms with Crippen LogP contribution in [0, 0.1) is 0 Å². The van der Waals surface area contributed by atoms with Gasteiger partial charge in [-0.2, -0.15) is 0 Å². The van der Waals surface area contributed by atoms with E-state index in [1.54, 1.807) is 0 Å². The maximum absolute atomic E-state index is 4.84. The molecule has 1 aliphatic carbocycles. The second-order valence-corrected chi connectivity index (χ2v) is 7.92. The zero-order valence-corrected chi connectivity index (χ0v) is 16.2. The summed E-state index contributed by atoms with van der Waals surface area (Å²) in [4.78, 5) is 4.84. The lowest BCUT2D eigenvalue weighted by Crippen LogP contribution is -1.93. The minimum absolute atomic E-state index is 1.08. The van der Waals surface area contributed by atoms with Gasteiger partial charge in [0.05, 0.1) is 5.69 Å². The van der Waals surface area contributed by atoms with Crippen LogP contribution in [0.25, 0.3) is 43.9 Å². The summed E-state index contributed by atoms with van der Waals surface area (Å²) in [6, 6.07) is 30.7. The lowest BCUT2D eigenvalue weighted by atomic mass is 9.91. The Balaban J connectivity index is 1.63. The first kappa shape index (κ1) is 16.5. The number of nitrogens with zero attached hydrogens (tertiary/aromatic N) is 1. The largest absolute Gasteiger partial charge is 0.256 e. The fourth-order valence-electron chi connectivity index (χ4n) is 4.89. The summed E-state index contributed by atoms with van der Waals surface area (Å²) in [6.07, 6.45) is 5.54. The van der Waals surface area contributed by atoms with Gasteiger partial charge in [0.2, 0.25) is 0 Å². The Morgan fingerprint density at radius 2 is 1.48 bits per heavy atom. The van der Waals surface area contributed by atoms with E-state index < -0.39 is 0 Å². The van der Waals surface area contributed by atoms with Crippen molar-refractivity contribution < 1.29 is 0 Å².